The van der Waals surface area contributed by atoms with Crippen LogP contribution in [-0.4, -0.2) is 72.9 Å². The van der Waals surface area contributed by atoms with Crippen molar-refractivity contribution < 1.29 is 23.8 Å². The highest BCUT2D eigenvalue weighted by Crippen LogP contribution is 2.31. The van der Waals surface area contributed by atoms with Crippen molar-refractivity contribution in [2.45, 2.75) is 51.9 Å². The van der Waals surface area contributed by atoms with E-state index in [1.54, 1.807) is 4.90 Å². The third-order valence-electron chi connectivity index (χ3n) is 5.40. The Bertz CT molecular complexity index is 689. The molecule has 1 aliphatic heterocycles. The van der Waals surface area contributed by atoms with Crippen LogP contribution >= 0.6 is 0 Å². The van der Waals surface area contributed by atoms with Gasteiger partial charge in [-0.2, -0.15) is 0 Å². The van der Waals surface area contributed by atoms with Gasteiger partial charge in [0.1, 0.15) is 18.8 Å². The molecule has 1 saturated carbocycles. The number of piperazine rings is 1. The highest BCUT2D eigenvalue weighted by Gasteiger charge is 2.33. The minimum Gasteiger partial charge on any atom is -0.458 e. The van der Waals surface area contributed by atoms with E-state index in [4.69, 9.17) is 14.2 Å². The van der Waals surface area contributed by atoms with Crippen molar-refractivity contribution in [3.63, 3.8) is 0 Å². The summed E-state index contributed by atoms with van der Waals surface area (Å²) in [5.41, 5.74) is 0.525. The van der Waals surface area contributed by atoms with Gasteiger partial charge >= 0.3 is 12.1 Å². The molecule has 0 atom stereocenters. The number of ether oxygens (including phenoxy) is 3. The maximum absolute atomic E-state index is 12.3. The van der Waals surface area contributed by atoms with E-state index in [1.165, 1.54) is 0 Å². The van der Waals surface area contributed by atoms with Crippen LogP contribution in [0.5, 0.6) is 0 Å². The average Bonchev–Trinajstić information content (AvgIpc) is 2.67. The molecule has 1 amide bonds. The van der Waals surface area contributed by atoms with E-state index in [0.717, 1.165) is 38.0 Å². The van der Waals surface area contributed by atoms with E-state index in [-0.39, 0.29) is 24.8 Å². The third-order valence-corrected chi connectivity index (χ3v) is 5.40. The van der Waals surface area contributed by atoms with E-state index >= 15 is 0 Å². The number of esters is 1. The first-order valence-corrected chi connectivity index (χ1v) is 10.8. The molecule has 0 radical (unpaired) electrons. The SMILES string of the molecule is CC(C)(C)OC(=O)COC1CC(CN2CCN(C(=O)OCc3ccccc3)CC2)C1. The van der Waals surface area contributed by atoms with Gasteiger partial charge in [-0.15, -0.1) is 0 Å². The number of rotatable bonds is 7. The van der Waals surface area contributed by atoms with Gasteiger partial charge in [-0.25, -0.2) is 9.59 Å². The molecule has 0 bridgehead atoms. The van der Waals surface area contributed by atoms with Gasteiger partial charge in [0.2, 0.25) is 0 Å². The fourth-order valence-corrected chi connectivity index (χ4v) is 3.81. The van der Waals surface area contributed by atoms with Gasteiger partial charge in [0.05, 0.1) is 6.10 Å². The largest absolute Gasteiger partial charge is 0.458 e. The van der Waals surface area contributed by atoms with Crippen molar-refractivity contribution in [1.82, 2.24) is 9.80 Å². The molecule has 30 heavy (non-hydrogen) atoms. The van der Waals surface area contributed by atoms with Crippen LogP contribution in [-0.2, 0) is 25.6 Å². The summed E-state index contributed by atoms with van der Waals surface area (Å²) in [6.45, 7) is 10.0. The first kappa shape index (κ1) is 22.6. The summed E-state index contributed by atoms with van der Waals surface area (Å²) in [6.07, 6.45) is 1.86. The molecule has 1 aromatic rings. The number of amides is 1. The fraction of sp³-hybridized carbons (Fsp3) is 0.652. The Hall–Kier alpha value is -2.12. The maximum atomic E-state index is 12.3. The fourth-order valence-electron chi connectivity index (χ4n) is 3.81. The van der Waals surface area contributed by atoms with Crippen LogP contribution in [0.25, 0.3) is 0 Å². The first-order valence-electron chi connectivity index (χ1n) is 10.8. The van der Waals surface area contributed by atoms with Crippen molar-refractivity contribution in [2.24, 2.45) is 5.92 Å². The normalized spacial score (nSPS) is 22.3. The molecule has 7 nitrogen and oxygen atoms in total. The van der Waals surface area contributed by atoms with E-state index in [9.17, 15) is 9.59 Å². The van der Waals surface area contributed by atoms with Gasteiger partial charge in [-0.3, -0.25) is 4.90 Å². The summed E-state index contributed by atoms with van der Waals surface area (Å²) in [7, 11) is 0. The predicted molar refractivity (Wildman–Crippen MR) is 113 cm³/mol. The van der Waals surface area contributed by atoms with Crippen LogP contribution in [0.15, 0.2) is 30.3 Å². The van der Waals surface area contributed by atoms with E-state index in [0.29, 0.717) is 25.6 Å². The molecule has 7 heteroatoms. The smallest absolute Gasteiger partial charge is 0.410 e. The Morgan fingerprint density at radius 3 is 2.33 bits per heavy atom. The number of carbonyl (C=O) groups excluding carboxylic acids is 2. The lowest BCUT2D eigenvalue weighted by atomic mass is 9.82. The number of hydrogen-bond acceptors (Lipinski definition) is 6. The molecule has 1 heterocycles. The molecular formula is C23H34N2O5. The quantitative estimate of drug-likeness (QED) is 0.634. The van der Waals surface area contributed by atoms with Gasteiger partial charge in [0, 0.05) is 32.7 Å². The molecule has 0 unspecified atom stereocenters. The van der Waals surface area contributed by atoms with E-state index in [1.807, 2.05) is 51.1 Å². The molecular weight excluding hydrogens is 384 g/mol. The average molecular weight is 419 g/mol. The summed E-state index contributed by atoms with van der Waals surface area (Å²) in [5.74, 6) is 0.284. The second kappa shape index (κ2) is 10.3. The Kier molecular flexibility index (Phi) is 7.72. The summed E-state index contributed by atoms with van der Waals surface area (Å²) in [4.78, 5) is 28.2. The topological polar surface area (TPSA) is 68.3 Å². The van der Waals surface area contributed by atoms with Crippen LogP contribution in [0, 0.1) is 5.92 Å². The molecule has 166 valence electrons. The number of carbonyl (C=O) groups is 2. The van der Waals surface area contributed by atoms with Crippen molar-refractivity contribution in [3.05, 3.63) is 35.9 Å². The molecule has 0 spiro atoms. The molecule has 1 saturated heterocycles. The van der Waals surface area contributed by atoms with E-state index < -0.39 is 5.60 Å². The van der Waals surface area contributed by atoms with Crippen molar-refractivity contribution in [2.75, 3.05) is 39.3 Å². The number of nitrogens with zero attached hydrogens (tertiary/aromatic N) is 2. The zero-order valence-corrected chi connectivity index (χ0v) is 18.3. The molecule has 1 aromatic carbocycles. The second-order valence-corrected chi connectivity index (χ2v) is 9.18. The molecule has 0 aromatic heterocycles. The van der Waals surface area contributed by atoms with Crippen molar-refractivity contribution >= 4 is 12.1 Å². The second-order valence-electron chi connectivity index (χ2n) is 9.18. The third kappa shape index (κ3) is 7.29. The van der Waals surface area contributed by atoms with Crippen molar-refractivity contribution in [3.8, 4) is 0 Å². The van der Waals surface area contributed by atoms with Gasteiger partial charge < -0.3 is 19.1 Å². The Morgan fingerprint density at radius 2 is 1.70 bits per heavy atom. The molecule has 2 fully saturated rings. The zero-order chi connectivity index (χ0) is 21.6. The highest BCUT2D eigenvalue weighted by molar-refractivity contribution is 5.71. The van der Waals surface area contributed by atoms with Gasteiger partial charge in [-0.1, -0.05) is 30.3 Å². The van der Waals surface area contributed by atoms with Crippen molar-refractivity contribution in [1.29, 1.82) is 0 Å². The monoisotopic (exact) mass is 418 g/mol. The molecule has 1 aliphatic carbocycles. The molecule has 3 rings (SSSR count). The minimum atomic E-state index is -0.474. The first-order chi connectivity index (χ1) is 14.3. The summed E-state index contributed by atoms with van der Waals surface area (Å²) >= 11 is 0. The van der Waals surface area contributed by atoms with Crippen LogP contribution < -0.4 is 0 Å². The molecule has 0 N–H and O–H groups in total. The Morgan fingerprint density at radius 1 is 1.03 bits per heavy atom. The van der Waals surface area contributed by atoms with Crippen LogP contribution in [0.4, 0.5) is 4.79 Å². The van der Waals surface area contributed by atoms with Gasteiger partial charge in [-0.05, 0) is 45.1 Å². The van der Waals surface area contributed by atoms with E-state index in [2.05, 4.69) is 4.90 Å². The minimum absolute atomic E-state index is 0.0262. The lowest BCUT2D eigenvalue weighted by Crippen LogP contribution is -2.51. The van der Waals surface area contributed by atoms with Crippen LogP contribution in [0.3, 0.4) is 0 Å². The number of benzene rings is 1. The number of hydrogen-bond donors (Lipinski definition) is 0. The van der Waals surface area contributed by atoms with Crippen LogP contribution in [0.1, 0.15) is 39.2 Å². The van der Waals surface area contributed by atoms with Crippen LogP contribution in [0.2, 0.25) is 0 Å². The summed E-state index contributed by atoms with van der Waals surface area (Å²) in [5, 5.41) is 0. The van der Waals surface area contributed by atoms with Gasteiger partial charge in [0.25, 0.3) is 0 Å². The summed E-state index contributed by atoms with van der Waals surface area (Å²) < 4.78 is 16.3. The lowest BCUT2D eigenvalue weighted by Gasteiger charge is -2.41. The lowest BCUT2D eigenvalue weighted by molar-refractivity contribution is -0.165. The standard InChI is InChI=1S/C23H34N2O5/c1-23(2,3)30-21(26)17-28-20-13-19(14-20)15-24-9-11-25(12-10-24)22(27)29-16-18-7-5-4-6-8-18/h4-8,19-20H,9-17H2,1-3H3. The van der Waals surface area contributed by atoms with Gasteiger partial charge in [0.15, 0.2) is 0 Å². The maximum Gasteiger partial charge on any atom is 0.410 e. The predicted octanol–water partition coefficient (Wildman–Crippen LogP) is 3.08. The highest BCUT2D eigenvalue weighted by atomic mass is 16.6. The summed E-state index contributed by atoms with van der Waals surface area (Å²) in [6, 6.07) is 9.73. The zero-order valence-electron chi connectivity index (χ0n) is 18.3. The molecule has 2 aliphatic rings. The Balaban J connectivity index is 1.26. The Labute approximate surface area is 179 Å².